The Bertz CT molecular complexity index is 413. The van der Waals surface area contributed by atoms with Gasteiger partial charge in [0.1, 0.15) is 0 Å². The van der Waals surface area contributed by atoms with Crippen molar-refractivity contribution in [2.24, 2.45) is 0 Å². The highest BCUT2D eigenvalue weighted by molar-refractivity contribution is 7.09. The van der Waals surface area contributed by atoms with Crippen LogP contribution in [0.15, 0.2) is 36.2 Å². The summed E-state index contributed by atoms with van der Waals surface area (Å²) in [6.45, 7) is 3.14. The van der Waals surface area contributed by atoms with Crippen LogP contribution in [0.1, 0.15) is 23.4 Å². The van der Waals surface area contributed by atoms with Crippen molar-refractivity contribution in [2.75, 3.05) is 7.05 Å². The molecule has 16 heavy (non-hydrogen) atoms. The maximum atomic E-state index is 4.09. The van der Waals surface area contributed by atoms with Crippen molar-refractivity contribution in [1.82, 2.24) is 14.9 Å². The second-order valence-electron chi connectivity index (χ2n) is 3.84. The van der Waals surface area contributed by atoms with Gasteiger partial charge in [-0.15, -0.1) is 11.3 Å². The lowest BCUT2D eigenvalue weighted by Gasteiger charge is -2.24. The third kappa shape index (κ3) is 2.65. The number of hydrogen-bond donors (Lipinski definition) is 0. The van der Waals surface area contributed by atoms with Gasteiger partial charge in [-0.2, -0.15) is 0 Å². The summed E-state index contributed by atoms with van der Waals surface area (Å²) in [6, 6.07) is 4.52. The number of pyridine rings is 1. The fourth-order valence-electron chi connectivity index (χ4n) is 1.60. The number of thiazole rings is 1. The Morgan fingerprint density at radius 3 is 2.69 bits per heavy atom. The molecule has 1 atom stereocenters. The normalized spacial score (nSPS) is 12.9. The van der Waals surface area contributed by atoms with Gasteiger partial charge in [-0.25, -0.2) is 0 Å². The summed E-state index contributed by atoms with van der Waals surface area (Å²) >= 11 is 1.70. The predicted octanol–water partition coefficient (Wildman–Crippen LogP) is 2.73. The Balaban J connectivity index is 2.02. The smallest absolute Gasteiger partial charge is 0.0794 e. The molecule has 2 heterocycles. The van der Waals surface area contributed by atoms with Crippen LogP contribution in [0.25, 0.3) is 0 Å². The van der Waals surface area contributed by atoms with Gasteiger partial charge in [0.15, 0.2) is 0 Å². The van der Waals surface area contributed by atoms with Gasteiger partial charge in [-0.3, -0.25) is 14.9 Å². The van der Waals surface area contributed by atoms with Gasteiger partial charge in [-0.1, -0.05) is 0 Å². The minimum Gasteiger partial charge on any atom is -0.295 e. The molecular weight excluding hydrogens is 218 g/mol. The lowest BCUT2D eigenvalue weighted by atomic mass is 10.1. The van der Waals surface area contributed by atoms with Crippen molar-refractivity contribution < 1.29 is 0 Å². The van der Waals surface area contributed by atoms with Crippen LogP contribution in [0.4, 0.5) is 0 Å². The van der Waals surface area contributed by atoms with Crippen LogP contribution in [0.5, 0.6) is 0 Å². The molecule has 0 radical (unpaired) electrons. The van der Waals surface area contributed by atoms with Crippen molar-refractivity contribution in [3.8, 4) is 0 Å². The molecular formula is C12H15N3S. The van der Waals surface area contributed by atoms with Crippen LogP contribution in [-0.2, 0) is 6.54 Å². The second-order valence-corrected chi connectivity index (χ2v) is 4.81. The zero-order valence-corrected chi connectivity index (χ0v) is 10.3. The van der Waals surface area contributed by atoms with E-state index in [1.165, 1.54) is 10.4 Å². The fraction of sp³-hybridized carbons (Fsp3) is 0.333. The molecule has 3 nitrogen and oxygen atoms in total. The summed E-state index contributed by atoms with van der Waals surface area (Å²) in [5.41, 5.74) is 3.17. The molecule has 0 saturated carbocycles. The molecule has 0 aliphatic heterocycles. The third-order valence-corrected chi connectivity index (χ3v) is 3.50. The van der Waals surface area contributed by atoms with Gasteiger partial charge in [-0.05, 0) is 31.7 Å². The Morgan fingerprint density at radius 2 is 2.06 bits per heavy atom. The van der Waals surface area contributed by atoms with E-state index in [2.05, 4.69) is 41.0 Å². The van der Waals surface area contributed by atoms with Gasteiger partial charge in [0.2, 0.25) is 0 Å². The van der Waals surface area contributed by atoms with E-state index >= 15 is 0 Å². The zero-order chi connectivity index (χ0) is 11.4. The molecule has 0 aliphatic carbocycles. The molecule has 0 aliphatic rings. The second kappa shape index (κ2) is 5.18. The summed E-state index contributed by atoms with van der Waals surface area (Å²) < 4.78 is 0. The molecule has 4 heteroatoms. The number of aromatic nitrogens is 2. The summed E-state index contributed by atoms with van der Waals surface area (Å²) in [5, 5.41) is 0. The van der Waals surface area contributed by atoms with Crippen LogP contribution >= 0.6 is 11.3 Å². The van der Waals surface area contributed by atoms with Crippen molar-refractivity contribution in [2.45, 2.75) is 19.5 Å². The highest BCUT2D eigenvalue weighted by Crippen LogP contribution is 2.20. The van der Waals surface area contributed by atoms with Crippen molar-refractivity contribution >= 4 is 11.3 Å². The van der Waals surface area contributed by atoms with Gasteiger partial charge in [0.05, 0.1) is 5.51 Å². The Hall–Kier alpha value is -1.26. The van der Waals surface area contributed by atoms with E-state index in [0.717, 1.165) is 6.54 Å². The predicted molar refractivity (Wildman–Crippen MR) is 66.2 cm³/mol. The Kier molecular flexibility index (Phi) is 3.64. The summed E-state index contributed by atoms with van der Waals surface area (Å²) in [4.78, 5) is 11.7. The molecule has 2 rings (SSSR count). The van der Waals surface area contributed by atoms with Gasteiger partial charge >= 0.3 is 0 Å². The minimum absolute atomic E-state index is 0.394. The van der Waals surface area contributed by atoms with Crippen molar-refractivity contribution in [3.05, 3.63) is 46.7 Å². The van der Waals surface area contributed by atoms with E-state index in [0.29, 0.717) is 6.04 Å². The molecule has 0 aromatic carbocycles. The maximum absolute atomic E-state index is 4.09. The van der Waals surface area contributed by atoms with E-state index in [-0.39, 0.29) is 0 Å². The van der Waals surface area contributed by atoms with Crippen molar-refractivity contribution in [3.63, 3.8) is 0 Å². The van der Waals surface area contributed by atoms with Crippen LogP contribution in [-0.4, -0.2) is 21.9 Å². The molecule has 2 aromatic rings. The maximum Gasteiger partial charge on any atom is 0.0794 e. The number of hydrogen-bond acceptors (Lipinski definition) is 4. The van der Waals surface area contributed by atoms with E-state index < -0.39 is 0 Å². The third-order valence-electron chi connectivity index (χ3n) is 2.74. The topological polar surface area (TPSA) is 29.0 Å². The largest absolute Gasteiger partial charge is 0.295 e. The van der Waals surface area contributed by atoms with Crippen LogP contribution < -0.4 is 0 Å². The average Bonchev–Trinajstić information content (AvgIpc) is 2.82. The van der Waals surface area contributed by atoms with Crippen LogP contribution in [0, 0.1) is 0 Å². The zero-order valence-electron chi connectivity index (χ0n) is 9.50. The van der Waals surface area contributed by atoms with E-state index in [9.17, 15) is 0 Å². The molecule has 0 amide bonds. The molecule has 84 valence electrons. The first-order chi connectivity index (χ1) is 7.77. The summed E-state index contributed by atoms with van der Waals surface area (Å²) in [6.07, 6.45) is 5.61. The Morgan fingerprint density at radius 1 is 1.31 bits per heavy atom. The monoisotopic (exact) mass is 233 g/mol. The first-order valence-electron chi connectivity index (χ1n) is 5.25. The summed E-state index contributed by atoms with van der Waals surface area (Å²) in [5.74, 6) is 0. The van der Waals surface area contributed by atoms with Crippen molar-refractivity contribution in [1.29, 1.82) is 0 Å². The van der Waals surface area contributed by atoms with Crippen LogP contribution in [0.2, 0.25) is 0 Å². The molecule has 0 bridgehead atoms. The van der Waals surface area contributed by atoms with Gasteiger partial charge < -0.3 is 0 Å². The fourth-order valence-corrected chi connectivity index (χ4v) is 2.26. The Labute approximate surface area is 99.8 Å². The molecule has 2 aromatic heterocycles. The van der Waals surface area contributed by atoms with E-state index in [1.54, 1.807) is 11.3 Å². The molecule has 0 spiro atoms. The lowest BCUT2D eigenvalue weighted by Crippen LogP contribution is -2.21. The number of rotatable bonds is 4. The quantitative estimate of drug-likeness (QED) is 0.813. The number of nitrogens with zero attached hydrogens (tertiary/aromatic N) is 3. The molecule has 0 saturated heterocycles. The average molecular weight is 233 g/mol. The lowest BCUT2D eigenvalue weighted by molar-refractivity contribution is 0.255. The highest BCUT2D eigenvalue weighted by atomic mass is 32.1. The van der Waals surface area contributed by atoms with Crippen LogP contribution in [0.3, 0.4) is 0 Å². The minimum atomic E-state index is 0.394. The van der Waals surface area contributed by atoms with Gasteiger partial charge in [0, 0.05) is 36.1 Å². The SMILES string of the molecule is C[C@@H](c1ccncc1)N(C)Cc1cncs1. The first-order valence-corrected chi connectivity index (χ1v) is 6.13. The highest BCUT2D eigenvalue weighted by Gasteiger charge is 2.11. The van der Waals surface area contributed by atoms with Gasteiger partial charge in [0.25, 0.3) is 0 Å². The molecule has 0 unspecified atom stereocenters. The standard InChI is InChI=1S/C12H15N3S/c1-10(11-3-5-13-6-4-11)15(2)8-12-7-14-9-16-12/h3-7,9-10H,8H2,1-2H3/t10-/m0/s1. The molecule has 0 N–H and O–H groups in total. The van der Waals surface area contributed by atoms with E-state index in [4.69, 9.17) is 0 Å². The summed E-state index contributed by atoms with van der Waals surface area (Å²) in [7, 11) is 2.13. The molecule has 0 fully saturated rings. The van der Waals surface area contributed by atoms with E-state index in [1.807, 2.05) is 24.1 Å². The first kappa shape index (κ1) is 11.2.